The molecule has 1 N–H and O–H groups in total. The monoisotopic (exact) mass is 663 g/mol. The van der Waals surface area contributed by atoms with Crippen LogP contribution in [0.5, 0.6) is 11.5 Å². The minimum atomic E-state index is -4.32. The fourth-order valence-electron chi connectivity index (χ4n) is 4.86. The second-order valence-electron chi connectivity index (χ2n) is 10.7. The van der Waals surface area contributed by atoms with Crippen LogP contribution in [0.1, 0.15) is 43.9 Å². The number of anilines is 1. The first-order chi connectivity index (χ1) is 20.7. The van der Waals surface area contributed by atoms with Crippen molar-refractivity contribution in [3.63, 3.8) is 0 Å². The number of nitrogens with one attached hydrogen (secondary N) is 1. The van der Waals surface area contributed by atoms with Gasteiger partial charge in [-0.05, 0) is 87.2 Å². The Kier molecular flexibility index (Phi) is 11.9. The lowest BCUT2D eigenvalue weighted by atomic mass is 10.1. The van der Waals surface area contributed by atoms with Crippen LogP contribution >= 0.6 is 23.2 Å². The summed E-state index contributed by atoms with van der Waals surface area (Å²) >= 11 is 12.4. The van der Waals surface area contributed by atoms with Crippen LogP contribution in [0, 0.1) is 13.8 Å². The van der Waals surface area contributed by atoms with Crippen molar-refractivity contribution in [2.45, 2.75) is 64.6 Å². The van der Waals surface area contributed by atoms with Crippen molar-refractivity contribution in [2.24, 2.45) is 0 Å². The van der Waals surface area contributed by atoms with E-state index >= 15 is 0 Å². The molecule has 1 unspecified atom stereocenters. The Morgan fingerprint density at radius 1 is 0.886 bits per heavy atom. The molecule has 238 valence electrons. The van der Waals surface area contributed by atoms with Crippen LogP contribution in [-0.2, 0) is 26.2 Å². The number of nitrogens with zero attached hydrogens (tertiary/aromatic N) is 2. The number of benzene rings is 3. The number of hydrogen-bond acceptors (Lipinski definition) is 6. The number of carbonyl (C=O) groups excluding carboxylic acids is 2. The molecule has 3 aromatic rings. The summed E-state index contributed by atoms with van der Waals surface area (Å²) in [6.45, 7) is 8.56. The van der Waals surface area contributed by atoms with Crippen molar-refractivity contribution in [2.75, 3.05) is 25.1 Å². The van der Waals surface area contributed by atoms with Gasteiger partial charge in [0.2, 0.25) is 11.8 Å². The zero-order chi connectivity index (χ0) is 32.8. The maximum absolute atomic E-state index is 14.3. The van der Waals surface area contributed by atoms with Crippen molar-refractivity contribution in [3.8, 4) is 11.5 Å². The molecule has 0 aliphatic heterocycles. The zero-order valence-corrected chi connectivity index (χ0v) is 28.3. The number of ether oxygens (including phenoxy) is 2. The summed E-state index contributed by atoms with van der Waals surface area (Å²) in [6.07, 6.45) is 0.289. The van der Waals surface area contributed by atoms with Gasteiger partial charge in [-0.3, -0.25) is 13.9 Å². The standard InChI is InChI=1S/C32H39Cl2N3O6S/c1-8-28(32(39)35-20(2)3)36(18-23-9-11-26(33)27(34)16-23)31(38)19-37(24-14-21(4)13-22(5)15-24)44(40,41)25-10-12-29(42-6)30(17-25)43-7/h9-17,20,28H,8,18-19H2,1-7H3,(H,35,39). The Hall–Kier alpha value is -3.47. The van der Waals surface area contributed by atoms with Crippen molar-refractivity contribution in [1.29, 1.82) is 0 Å². The maximum atomic E-state index is 14.3. The number of hydrogen-bond donors (Lipinski definition) is 1. The summed E-state index contributed by atoms with van der Waals surface area (Å²) in [4.78, 5) is 28.9. The Balaban J connectivity index is 2.15. The third-order valence-electron chi connectivity index (χ3n) is 6.87. The van der Waals surface area contributed by atoms with Gasteiger partial charge in [-0.15, -0.1) is 0 Å². The first kappa shape index (κ1) is 35.0. The average Bonchev–Trinajstić information content (AvgIpc) is 2.96. The van der Waals surface area contributed by atoms with E-state index in [4.69, 9.17) is 32.7 Å². The molecule has 0 radical (unpaired) electrons. The van der Waals surface area contributed by atoms with Crippen LogP contribution in [0.15, 0.2) is 59.5 Å². The second-order valence-corrected chi connectivity index (χ2v) is 13.4. The molecular formula is C32H39Cl2N3O6S. The Morgan fingerprint density at radius 2 is 1.52 bits per heavy atom. The molecule has 0 fully saturated rings. The van der Waals surface area contributed by atoms with Gasteiger partial charge in [0.1, 0.15) is 12.6 Å². The normalized spacial score (nSPS) is 12.0. The van der Waals surface area contributed by atoms with E-state index in [9.17, 15) is 18.0 Å². The number of carbonyl (C=O) groups is 2. The van der Waals surface area contributed by atoms with E-state index in [-0.39, 0.29) is 35.6 Å². The third kappa shape index (κ3) is 8.37. The van der Waals surface area contributed by atoms with Gasteiger partial charge < -0.3 is 19.7 Å². The first-order valence-corrected chi connectivity index (χ1v) is 16.3. The van der Waals surface area contributed by atoms with Crippen LogP contribution in [-0.4, -0.2) is 58.0 Å². The number of methoxy groups -OCH3 is 2. The lowest BCUT2D eigenvalue weighted by Gasteiger charge is -2.33. The van der Waals surface area contributed by atoms with Crippen molar-refractivity contribution >= 4 is 50.7 Å². The highest BCUT2D eigenvalue weighted by atomic mass is 35.5. The molecule has 0 spiro atoms. The quantitative estimate of drug-likeness (QED) is 0.235. The summed E-state index contributed by atoms with van der Waals surface area (Å²) in [5.74, 6) is -0.352. The average molecular weight is 665 g/mol. The van der Waals surface area contributed by atoms with E-state index in [1.807, 2.05) is 33.8 Å². The molecular weight excluding hydrogens is 625 g/mol. The molecule has 0 heterocycles. The van der Waals surface area contributed by atoms with Crippen molar-refractivity contribution in [3.05, 3.63) is 81.3 Å². The Labute approximate surface area is 270 Å². The van der Waals surface area contributed by atoms with Gasteiger partial charge in [-0.25, -0.2) is 8.42 Å². The summed E-state index contributed by atoms with van der Waals surface area (Å²) in [5.41, 5.74) is 2.56. The highest BCUT2D eigenvalue weighted by molar-refractivity contribution is 7.92. The first-order valence-electron chi connectivity index (χ1n) is 14.1. The van der Waals surface area contributed by atoms with E-state index in [1.165, 1.54) is 37.3 Å². The zero-order valence-electron chi connectivity index (χ0n) is 26.0. The molecule has 9 nitrogen and oxygen atoms in total. The molecule has 1 atom stereocenters. The predicted octanol–water partition coefficient (Wildman–Crippen LogP) is 6.15. The van der Waals surface area contributed by atoms with E-state index in [1.54, 1.807) is 37.3 Å². The molecule has 12 heteroatoms. The molecule has 44 heavy (non-hydrogen) atoms. The van der Waals surface area contributed by atoms with Crippen molar-refractivity contribution < 1.29 is 27.5 Å². The molecule has 2 amide bonds. The molecule has 3 aromatic carbocycles. The van der Waals surface area contributed by atoms with E-state index < -0.39 is 28.5 Å². The second kappa shape index (κ2) is 15.0. The van der Waals surface area contributed by atoms with Crippen molar-refractivity contribution in [1.82, 2.24) is 10.2 Å². The number of rotatable bonds is 13. The van der Waals surface area contributed by atoms with E-state index in [0.29, 0.717) is 27.0 Å². The summed E-state index contributed by atoms with van der Waals surface area (Å²) in [7, 11) is -1.46. The fraction of sp³-hybridized carbons (Fsp3) is 0.375. The summed E-state index contributed by atoms with van der Waals surface area (Å²) in [5, 5.41) is 3.52. The maximum Gasteiger partial charge on any atom is 0.264 e. The predicted molar refractivity (Wildman–Crippen MR) is 174 cm³/mol. The van der Waals surface area contributed by atoms with Gasteiger partial charge in [-0.2, -0.15) is 0 Å². The molecule has 0 bridgehead atoms. The molecule has 0 aliphatic rings. The number of aryl methyl sites for hydroxylation is 2. The van der Waals surface area contributed by atoms with Crippen LogP contribution in [0.2, 0.25) is 10.0 Å². The molecule has 3 rings (SSSR count). The molecule has 0 aliphatic carbocycles. The smallest absolute Gasteiger partial charge is 0.264 e. The van der Waals surface area contributed by atoms with Gasteiger partial charge in [0.25, 0.3) is 10.0 Å². The van der Waals surface area contributed by atoms with Gasteiger partial charge in [0.15, 0.2) is 11.5 Å². The summed E-state index contributed by atoms with van der Waals surface area (Å²) < 4.78 is 40.3. The molecule has 0 aromatic heterocycles. The van der Waals surface area contributed by atoms with Crippen LogP contribution in [0.3, 0.4) is 0 Å². The molecule has 0 saturated heterocycles. The van der Waals surface area contributed by atoms with Gasteiger partial charge in [-0.1, -0.05) is 42.3 Å². The van der Waals surface area contributed by atoms with E-state index in [0.717, 1.165) is 15.4 Å². The van der Waals surface area contributed by atoms with Crippen LogP contribution in [0.25, 0.3) is 0 Å². The van der Waals surface area contributed by atoms with Gasteiger partial charge >= 0.3 is 0 Å². The number of sulfonamides is 1. The topological polar surface area (TPSA) is 105 Å². The van der Waals surface area contributed by atoms with Crippen LogP contribution in [0.4, 0.5) is 5.69 Å². The van der Waals surface area contributed by atoms with Gasteiger partial charge in [0.05, 0.1) is 34.8 Å². The SMILES string of the molecule is CCC(C(=O)NC(C)C)N(Cc1ccc(Cl)c(Cl)c1)C(=O)CN(c1cc(C)cc(C)c1)S(=O)(=O)c1ccc(OC)c(OC)c1. The Bertz CT molecular complexity index is 1590. The number of amides is 2. The highest BCUT2D eigenvalue weighted by Gasteiger charge is 2.34. The minimum absolute atomic E-state index is 0.00314. The van der Waals surface area contributed by atoms with Gasteiger partial charge in [0, 0.05) is 18.7 Å². The lowest BCUT2D eigenvalue weighted by Crippen LogP contribution is -2.53. The summed E-state index contributed by atoms with van der Waals surface area (Å²) in [6, 6.07) is 13.4. The third-order valence-corrected chi connectivity index (χ3v) is 9.38. The van der Waals surface area contributed by atoms with Crippen LogP contribution < -0.4 is 19.1 Å². The number of halogens is 2. The fourth-order valence-corrected chi connectivity index (χ4v) is 6.60. The highest BCUT2D eigenvalue weighted by Crippen LogP contribution is 2.33. The van der Waals surface area contributed by atoms with E-state index in [2.05, 4.69) is 5.32 Å². The largest absolute Gasteiger partial charge is 0.493 e. The molecule has 0 saturated carbocycles. The lowest BCUT2D eigenvalue weighted by molar-refractivity contribution is -0.140. The Morgan fingerprint density at radius 3 is 2.07 bits per heavy atom. The minimum Gasteiger partial charge on any atom is -0.493 e.